The van der Waals surface area contributed by atoms with Gasteiger partial charge in [-0.2, -0.15) is 0 Å². The molecule has 3 atom stereocenters. The molecule has 0 aromatic heterocycles. The molecule has 0 spiro atoms. The Morgan fingerprint density at radius 1 is 1.04 bits per heavy atom. The fourth-order valence-electron chi connectivity index (χ4n) is 2.62. The van der Waals surface area contributed by atoms with E-state index >= 15 is 0 Å². The van der Waals surface area contributed by atoms with Crippen molar-refractivity contribution in [1.29, 1.82) is 0 Å². The van der Waals surface area contributed by atoms with Gasteiger partial charge in [0.1, 0.15) is 12.6 Å². The molecule has 27 heavy (non-hydrogen) atoms. The number of carbonyl (C=O) groups excluding carboxylic acids is 1. The Labute approximate surface area is 155 Å². The maximum atomic E-state index is 11.9. The zero-order valence-electron chi connectivity index (χ0n) is 14.4. The zero-order valence-corrected chi connectivity index (χ0v) is 14.4. The Morgan fingerprint density at radius 3 is 2.30 bits per heavy atom. The van der Waals surface area contributed by atoms with Crippen molar-refractivity contribution in [2.24, 2.45) is 5.73 Å². The first-order valence-electron chi connectivity index (χ1n) is 8.20. The molecule has 0 aliphatic heterocycles. The van der Waals surface area contributed by atoms with Gasteiger partial charge in [0.25, 0.3) is 0 Å². The molecule has 0 aliphatic carbocycles. The number of rotatable bonds is 8. The van der Waals surface area contributed by atoms with Gasteiger partial charge < -0.3 is 30.9 Å². The van der Waals surface area contributed by atoms with Crippen molar-refractivity contribution in [3.05, 3.63) is 59.7 Å². The number of esters is 1. The summed E-state index contributed by atoms with van der Waals surface area (Å²) in [5.74, 6) is -3.57. The SMILES string of the molecule is N[C@H](C(=O)O)C(CC(O)COC(=O)c1ccccc1)c1ccc(O)c(O)c1. The van der Waals surface area contributed by atoms with E-state index in [2.05, 4.69) is 0 Å². The van der Waals surface area contributed by atoms with Gasteiger partial charge in [-0.25, -0.2) is 4.79 Å². The van der Waals surface area contributed by atoms with Gasteiger partial charge in [-0.1, -0.05) is 24.3 Å². The second-order valence-corrected chi connectivity index (χ2v) is 6.07. The second kappa shape index (κ2) is 9.02. The topological polar surface area (TPSA) is 150 Å². The number of nitrogens with two attached hydrogens (primary N) is 1. The summed E-state index contributed by atoms with van der Waals surface area (Å²) in [7, 11) is 0. The van der Waals surface area contributed by atoms with Crippen molar-refractivity contribution in [2.75, 3.05) is 6.61 Å². The van der Waals surface area contributed by atoms with Gasteiger partial charge in [0.2, 0.25) is 0 Å². The average Bonchev–Trinajstić information content (AvgIpc) is 2.66. The fourth-order valence-corrected chi connectivity index (χ4v) is 2.62. The summed E-state index contributed by atoms with van der Waals surface area (Å²) in [5, 5.41) is 38.4. The summed E-state index contributed by atoms with van der Waals surface area (Å²) < 4.78 is 5.04. The first-order valence-corrected chi connectivity index (χ1v) is 8.20. The minimum absolute atomic E-state index is 0.125. The number of aliphatic hydroxyl groups excluding tert-OH is 1. The van der Waals surface area contributed by atoms with Crippen LogP contribution in [0.2, 0.25) is 0 Å². The number of aliphatic carboxylic acids is 1. The minimum atomic E-state index is -1.37. The van der Waals surface area contributed by atoms with Crippen molar-refractivity contribution < 1.29 is 34.8 Å². The van der Waals surface area contributed by atoms with Crippen LogP contribution < -0.4 is 5.73 Å². The van der Waals surface area contributed by atoms with E-state index in [-0.39, 0.29) is 18.8 Å². The van der Waals surface area contributed by atoms with Crippen LogP contribution in [-0.4, -0.2) is 51.1 Å². The zero-order chi connectivity index (χ0) is 20.0. The van der Waals surface area contributed by atoms with Crippen LogP contribution in [0.15, 0.2) is 48.5 Å². The quantitative estimate of drug-likeness (QED) is 0.341. The molecule has 2 aromatic rings. The van der Waals surface area contributed by atoms with Crippen LogP contribution in [-0.2, 0) is 9.53 Å². The molecule has 0 saturated carbocycles. The predicted octanol–water partition coefficient (Wildman–Crippen LogP) is 1.20. The van der Waals surface area contributed by atoms with E-state index in [0.717, 1.165) is 0 Å². The highest BCUT2D eigenvalue weighted by Crippen LogP contribution is 2.32. The van der Waals surface area contributed by atoms with Crippen LogP contribution in [0.3, 0.4) is 0 Å². The number of aliphatic hydroxyl groups is 1. The number of hydrogen-bond acceptors (Lipinski definition) is 7. The van der Waals surface area contributed by atoms with Crippen molar-refractivity contribution in [3.8, 4) is 11.5 Å². The Morgan fingerprint density at radius 2 is 1.70 bits per heavy atom. The molecular weight excluding hydrogens is 354 g/mol. The number of carboxylic acids is 1. The summed E-state index contributed by atoms with van der Waals surface area (Å²) in [5.41, 5.74) is 6.37. The maximum absolute atomic E-state index is 11.9. The Kier molecular flexibility index (Phi) is 6.75. The van der Waals surface area contributed by atoms with Crippen molar-refractivity contribution in [3.63, 3.8) is 0 Å². The van der Waals surface area contributed by atoms with Crippen molar-refractivity contribution in [2.45, 2.75) is 24.5 Å². The summed E-state index contributed by atoms with van der Waals surface area (Å²) in [6, 6.07) is 10.7. The summed E-state index contributed by atoms with van der Waals surface area (Å²) in [6.07, 6.45) is -1.30. The molecule has 144 valence electrons. The Balaban J connectivity index is 2.06. The van der Waals surface area contributed by atoms with Crippen LogP contribution in [0.25, 0.3) is 0 Å². The average molecular weight is 375 g/mol. The highest BCUT2D eigenvalue weighted by Gasteiger charge is 2.29. The van der Waals surface area contributed by atoms with Crippen LogP contribution >= 0.6 is 0 Å². The molecule has 6 N–H and O–H groups in total. The molecule has 0 radical (unpaired) electrons. The Bertz CT molecular complexity index is 794. The highest BCUT2D eigenvalue weighted by molar-refractivity contribution is 5.89. The lowest BCUT2D eigenvalue weighted by Crippen LogP contribution is -2.38. The lowest BCUT2D eigenvalue weighted by Gasteiger charge is -2.24. The van der Waals surface area contributed by atoms with Gasteiger partial charge in [0.05, 0.1) is 11.7 Å². The van der Waals surface area contributed by atoms with Gasteiger partial charge in [-0.3, -0.25) is 4.79 Å². The Hall–Kier alpha value is -3.10. The van der Waals surface area contributed by atoms with Crippen molar-refractivity contribution in [1.82, 2.24) is 0 Å². The number of carboxylic acid groups (broad SMARTS) is 1. The molecule has 8 nitrogen and oxygen atoms in total. The van der Waals surface area contributed by atoms with Crippen LogP contribution in [0, 0.1) is 0 Å². The monoisotopic (exact) mass is 375 g/mol. The summed E-state index contributed by atoms with van der Waals surface area (Å²) in [6.45, 7) is -0.347. The van der Waals surface area contributed by atoms with Crippen molar-refractivity contribution >= 4 is 11.9 Å². The van der Waals surface area contributed by atoms with Crippen LogP contribution in [0.4, 0.5) is 0 Å². The molecule has 2 unspecified atom stereocenters. The summed E-state index contributed by atoms with van der Waals surface area (Å²) in [4.78, 5) is 23.2. The molecule has 0 amide bonds. The molecule has 0 saturated heterocycles. The molecule has 8 heteroatoms. The second-order valence-electron chi connectivity index (χ2n) is 6.07. The molecule has 0 aliphatic rings. The molecule has 0 heterocycles. The van der Waals surface area contributed by atoms with E-state index in [1.54, 1.807) is 30.3 Å². The molecule has 0 fully saturated rings. The summed E-state index contributed by atoms with van der Waals surface area (Å²) >= 11 is 0. The normalized spacial score (nSPS) is 14.1. The molecule has 2 rings (SSSR count). The molecular formula is C19H21NO7. The first-order chi connectivity index (χ1) is 12.8. The van der Waals surface area contributed by atoms with Gasteiger partial charge >= 0.3 is 11.9 Å². The highest BCUT2D eigenvalue weighted by atomic mass is 16.5. The number of hydrogen-bond donors (Lipinski definition) is 5. The standard InChI is InChI=1S/C19H21NO7/c20-17(18(24)25)14(12-6-7-15(22)16(23)8-12)9-13(21)10-27-19(26)11-4-2-1-3-5-11/h1-8,13-14,17,21-23H,9-10,20H2,(H,24,25)/t13?,14?,17-/m0/s1. The first kappa shape index (κ1) is 20.2. The number of phenols is 2. The van der Waals surface area contributed by atoms with Gasteiger partial charge in [0.15, 0.2) is 11.5 Å². The van der Waals surface area contributed by atoms with E-state index in [9.17, 15) is 30.0 Å². The van der Waals surface area contributed by atoms with E-state index in [1.807, 2.05) is 0 Å². The number of aromatic hydroxyl groups is 2. The molecule has 2 aromatic carbocycles. The third-order valence-electron chi connectivity index (χ3n) is 4.09. The third kappa shape index (κ3) is 5.44. The number of phenolic OH excluding ortho intramolecular Hbond substituents is 2. The number of carbonyl (C=O) groups is 2. The van der Waals surface area contributed by atoms with E-state index in [4.69, 9.17) is 10.5 Å². The van der Waals surface area contributed by atoms with Gasteiger partial charge in [-0.15, -0.1) is 0 Å². The lowest BCUT2D eigenvalue weighted by atomic mass is 9.87. The smallest absolute Gasteiger partial charge is 0.338 e. The van der Waals surface area contributed by atoms with Crippen LogP contribution in [0.1, 0.15) is 28.3 Å². The van der Waals surface area contributed by atoms with Gasteiger partial charge in [-0.05, 0) is 36.2 Å². The third-order valence-corrected chi connectivity index (χ3v) is 4.09. The molecule has 0 bridgehead atoms. The van der Waals surface area contributed by atoms with E-state index in [1.165, 1.54) is 18.2 Å². The maximum Gasteiger partial charge on any atom is 0.338 e. The minimum Gasteiger partial charge on any atom is -0.504 e. The van der Waals surface area contributed by atoms with Crippen LogP contribution in [0.5, 0.6) is 11.5 Å². The fraction of sp³-hybridized carbons (Fsp3) is 0.263. The largest absolute Gasteiger partial charge is 0.504 e. The number of benzene rings is 2. The van der Waals surface area contributed by atoms with Gasteiger partial charge in [0, 0.05) is 5.92 Å². The number of ether oxygens (including phenoxy) is 1. The van der Waals surface area contributed by atoms with E-state index < -0.39 is 35.8 Å². The van der Waals surface area contributed by atoms with E-state index in [0.29, 0.717) is 11.1 Å². The predicted molar refractivity (Wildman–Crippen MR) is 95.5 cm³/mol. The lowest BCUT2D eigenvalue weighted by molar-refractivity contribution is -0.139.